The average Bonchev–Trinajstić information content (AvgIpc) is 2.57. The summed E-state index contributed by atoms with van der Waals surface area (Å²) in [5.74, 6) is 1.05. The van der Waals surface area contributed by atoms with Gasteiger partial charge in [-0.15, -0.1) is 5.10 Å². The second-order valence-corrected chi connectivity index (χ2v) is 5.46. The molecule has 116 valence electrons. The molecule has 0 fully saturated rings. The summed E-state index contributed by atoms with van der Waals surface area (Å²) in [7, 11) is 0. The SMILES string of the molecule is Cc1ccccc1CNc1nncc(Nc2ccccc2Cl)n1. The van der Waals surface area contributed by atoms with Crippen LogP contribution >= 0.6 is 11.6 Å². The van der Waals surface area contributed by atoms with E-state index in [0.717, 1.165) is 5.69 Å². The first-order chi connectivity index (χ1) is 11.2. The van der Waals surface area contributed by atoms with Crippen molar-refractivity contribution in [1.82, 2.24) is 15.2 Å². The lowest BCUT2D eigenvalue weighted by atomic mass is 10.1. The van der Waals surface area contributed by atoms with Crippen molar-refractivity contribution in [2.24, 2.45) is 0 Å². The first-order valence-electron chi connectivity index (χ1n) is 7.22. The first-order valence-corrected chi connectivity index (χ1v) is 7.60. The van der Waals surface area contributed by atoms with Crippen LogP contribution in [0.1, 0.15) is 11.1 Å². The lowest BCUT2D eigenvalue weighted by Gasteiger charge is -2.09. The van der Waals surface area contributed by atoms with E-state index in [4.69, 9.17) is 11.6 Å². The van der Waals surface area contributed by atoms with Gasteiger partial charge in [-0.1, -0.05) is 48.0 Å². The van der Waals surface area contributed by atoms with E-state index in [-0.39, 0.29) is 0 Å². The normalized spacial score (nSPS) is 10.3. The maximum atomic E-state index is 6.13. The van der Waals surface area contributed by atoms with Gasteiger partial charge in [-0.05, 0) is 30.2 Å². The molecule has 0 spiro atoms. The van der Waals surface area contributed by atoms with E-state index in [1.165, 1.54) is 11.1 Å². The zero-order chi connectivity index (χ0) is 16.1. The van der Waals surface area contributed by atoms with Gasteiger partial charge >= 0.3 is 0 Å². The van der Waals surface area contributed by atoms with Gasteiger partial charge in [0, 0.05) is 6.54 Å². The fourth-order valence-electron chi connectivity index (χ4n) is 2.12. The highest BCUT2D eigenvalue weighted by Crippen LogP contribution is 2.23. The smallest absolute Gasteiger partial charge is 0.244 e. The molecule has 3 aromatic rings. The molecule has 0 unspecified atom stereocenters. The predicted octanol–water partition coefficient (Wildman–Crippen LogP) is 4.19. The predicted molar refractivity (Wildman–Crippen MR) is 93.1 cm³/mol. The van der Waals surface area contributed by atoms with Gasteiger partial charge in [0.25, 0.3) is 0 Å². The summed E-state index contributed by atoms with van der Waals surface area (Å²) in [5.41, 5.74) is 3.19. The maximum Gasteiger partial charge on any atom is 0.244 e. The van der Waals surface area contributed by atoms with E-state index in [9.17, 15) is 0 Å². The van der Waals surface area contributed by atoms with E-state index in [1.807, 2.05) is 36.4 Å². The third kappa shape index (κ3) is 3.96. The molecule has 0 aliphatic rings. The van der Waals surface area contributed by atoms with Gasteiger partial charge in [0.05, 0.1) is 16.9 Å². The van der Waals surface area contributed by atoms with Crippen molar-refractivity contribution < 1.29 is 0 Å². The summed E-state index contributed by atoms with van der Waals surface area (Å²) in [5, 5.41) is 14.9. The molecule has 0 atom stereocenters. The zero-order valence-corrected chi connectivity index (χ0v) is 13.4. The monoisotopic (exact) mass is 325 g/mol. The Morgan fingerprint density at radius 1 is 1.04 bits per heavy atom. The van der Waals surface area contributed by atoms with Crippen LogP contribution in [0, 0.1) is 6.92 Å². The highest BCUT2D eigenvalue weighted by atomic mass is 35.5. The first kappa shape index (κ1) is 15.2. The number of aromatic nitrogens is 3. The minimum atomic E-state index is 0.463. The lowest BCUT2D eigenvalue weighted by Crippen LogP contribution is -2.07. The van der Waals surface area contributed by atoms with Crippen LogP contribution in [0.4, 0.5) is 17.5 Å². The van der Waals surface area contributed by atoms with Gasteiger partial charge in [-0.2, -0.15) is 10.1 Å². The number of nitrogens with zero attached hydrogens (tertiary/aromatic N) is 3. The number of aryl methyl sites for hydroxylation is 1. The maximum absolute atomic E-state index is 6.13. The summed E-state index contributed by atoms with van der Waals surface area (Å²) in [6.07, 6.45) is 1.56. The molecule has 23 heavy (non-hydrogen) atoms. The molecule has 3 rings (SSSR count). The Hall–Kier alpha value is -2.66. The Kier molecular flexibility index (Phi) is 4.68. The van der Waals surface area contributed by atoms with Crippen LogP contribution < -0.4 is 10.6 Å². The molecule has 0 saturated carbocycles. The molecular weight excluding hydrogens is 310 g/mol. The summed E-state index contributed by atoms with van der Waals surface area (Å²) < 4.78 is 0. The third-order valence-electron chi connectivity index (χ3n) is 3.39. The molecule has 0 aliphatic carbocycles. The Morgan fingerprint density at radius 3 is 2.65 bits per heavy atom. The number of hydrogen-bond donors (Lipinski definition) is 2. The van der Waals surface area contributed by atoms with Crippen LogP contribution in [0.25, 0.3) is 0 Å². The number of rotatable bonds is 5. The fourth-order valence-corrected chi connectivity index (χ4v) is 2.30. The number of anilines is 3. The molecule has 0 saturated heterocycles. The molecule has 0 bridgehead atoms. The summed E-state index contributed by atoms with van der Waals surface area (Å²) in [4.78, 5) is 4.40. The standard InChI is InChI=1S/C17H16ClN5/c1-12-6-2-3-7-13(12)10-19-17-22-16(11-20-23-17)21-15-9-5-4-8-14(15)18/h2-9,11H,10H2,1H3,(H2,19,21,22,23). The fraction of sp³-hybridized carbons (Fsp3) is 0.118. The molecule has 2 aromatic carbocycles. The topological polar surface area (TPSA) is 62.7 Å². The quantitative estimate of drug-likeness (QED) is 0.736. The Morgan fingerprint density at radius 2 is 1.83 bits per heavy atom. The van der Waals surface area contributed by atoms with Crippen LogP contribution in [-0.2, 0) is 6.54 Å². The van der Waals surface area contributed by atoms with Gasteiger partial charge in [0.1, 0.15) is 0 Å². The van der Waals surface area contributed by atoms with Crippen LogP contribution in [0.15, 0.2) is 54.7 Å². The number of nitrogens with one attached hydrogen (secondary N) is 2. The van der Waals surface area contributed by atoms with Crippen molar-refractivity contribution in [2.75, 3.05) is 10.6 Å². The Balaban J connectivity index is 1.70. The molecule has 2 N–H and O–H groups in total. The molecular formula is C17H16ClN5. The third-order valence-corrected chi connectivity index (χ3v) is 3.72. The van der Waals surface area contributed by atoms with E-state index < -0.39 is 0 Å². The molecule has 0 radical (unpaired) electrons. The number of halogens is 1. The van der Waals surface area contributed by atoms with Crippen molar-refractivity contribution in [2.45, 2.75) is 13.5 Å². The van der Waals surface area contributed by atoms with Gasteiger partial charge < -0.3 is 10.6 Å². The second kappa shape index (κ2) is 7.07. The minimum absolute atomic E-state index is 0.463. The van der Waals surface area contributed by atoms with Gasteiger partial charge in [-0.3, -0.25) is 0 Å². The summed E-state index contributed by atoms with van der Waals surface area (Å²) >= 11 is 6.13. The van der Waals surface area contributed by atoms with Crippen LogP contribution in [-0.4, -0.2) is 15.2 Å². The molecule has 1 heterocycles. The van der Waals surface area contributed by atoms with Gasteiger partial charge in [0.2, 0.25) is 5.95 Å². The van der Waals surface area contributed by atoms with Crippen molar-refractivity contribution in [3.8, 4) is 0 Å². The van der Waals surface area contributed by atoms with Crippen molar-refractivity contribution in [1.29, 1.82) is 0 Å². The van der Waals surface area contributed by atoms with Crippen LogP contribution in [0.5, 0.6) is 0 Å². The van der Waals surface area contributed by atoms with E-state index in [2.05, 4.69) is 44.9 Å². The van der Waals surface area contributed by atoms with Crippen molar-refractivity contribution in [3.05, 3.63) is 70.9 Å². The molecule has 0 aliphatic heterocycles. The number of benzene rings is 2. The number of para-hydroxylation sites is 1. The van der Waals surface area contributed by atoms with Crippen LogP contribution in [0.3, 0.4) is 0 Å². The highest BCUT2D eigenvalue weighted by molar-refractivity contribution is 6.33. The van der Waals surface area contributed by atoms with E-state index >= 15 is 0 Å². The van der Waals surface area contributed by atoms with Crippen molar-refractivity contribution in [3.63, 3.8) is 0 Å². The van der Waals surface area contributed by atoms with Crippen molar-refractivity contribution >= 4 is 29.1 Å². The second-order valence-electron chi connectivity index (χ2n) is 5.05. The largest absolute Gasteiger partial charge is 0.349 e. The minimum Gasteiger partial charge on any atom is -0.349 e. The zero-order valence-electron chi connectivity index (χ0n) is 12.6. The van der Waals surface area contributed by atoms with E-state index in [1.54, 1.807) is 6.20 Å². The Labute approximate surface area is 139 Å². The summed E-state index contributed by atoms with van der Waals surface area (Å²) in [6.45, 7) is 2.72. The highest BCUT2D eigenvalue weighted by Gasteiger charge is 2.04. The van der Waals surface area contributed by atoms with E-state index in [0.29, 0.717) is 23.3 Å². The van der Waals surface area contributed by atoms with Gasteiger partial charge in [0.15, 0.2) is 5.82 Å². The molecule has 5 nitrogen and oxygen atoms in total. The molecule has 6 heteroatoms. The Bertz CT molecular complexity index is 806. The number of hydrogen-bond acceptors (Lipinski definition) is 5. The molecule has 1 aromatic heterocycles. The van der Waals surface area contributed by atoms with Gasteiger partial charge in [-0.25, -0.2) is 0 Å². The summed E-state index contributed by atoms with van der Waals surface area (Å²) in [6, 6.07) is 15.7. The molecule has 0 amide bonds. The lowest BCUT2D eigenvalue weighted by molar-refractivity contribution is 0.946. The average molecular weight is 326 g/mol. The van der Waals surface area contributed by atoms with Crippen LogP contribution in [0.2, 0.25) is 5.02 Å².